The number of hydrogen-bond acceptors (Lipinski definition) is 3. The van der Waals surface area contributed by atoms with Crippen LogP contribution in [0.3, 0.4) is 0 Å². The molecule has 0 fully saturated rings. The Kier molecular flexibility index (Phi) is 7.06. The van der Waals surface area contributed by atoms with E-state index in [0.717, 1.165) is 24.4 Å². The van der Waals surface area contributed by atoms with Crippen molar-refractivity contribution in [2.75, 3.05) is 24.6 Å². The number of nitrogens with zero attached hydrogens (tertiary/aromatic N) is 1. The van der Waals surface area contributed by atoms with E-state index < -0.39 is 5.97 Å². The third kappa shape index (κ3) is 6.06. The van der Waals surface area contributed by atoms with Crippen molar-refractivity contribution < 1.29 is 14.6 Å². The Balaban J connectivity index is 2.80. The van der Waals surface area contributed by atoms with Crippen molar-refractivity contribution in [2.24, 2.45) is 11.8 Å². The molecule has 1 atom stereocenters. The van der Waals surface area contributed by atoms with Crippen molar-refractivity contribution >= 4 is 11.7 Å². The minimum absolute atomic E-state index is 0.385. The SMILES string of the molecule is CCOc1ccc(N(CCC(C)C)CC(C)C(=O)O)cc1. The molecule has 1 N–H and O–H groups in total. The second kappa shape index (κ2) is 8.55. The molecular formula is C17H27NO3. The van der Waals surface area contributed by atoms with Crippen molar-refractivity contribution in [1.29, 1.82) is 0 Å². The van der Waals surface area contributed by atoms with E-state index in [4.69, 9.17) is 9.84 Å². The fourth-order valence-electron chi connectivity index (χ4n) is 2.07. The Morgan fingerprint density at radius 2 is 1.86 bits per heavy atom. The van der Waals surface area contributed by atoms with Gasteiger partial charge in [0.05, 0.1) is 12.5 Å². The minimum atomic E-state index is -0.754. The van der Waals surface area contributed by atoms with E-state index in [1.54, 1.807) is 6.92 Å². The number of carbonyl (C=O) groups is 1. The quantitative estimate of drug-likeness (QED) is 0.755. The Labute approximate surface area is 127 Å². The number of anilines is 1. The van der Waals surface area contributed by atoms with Gasteiger partial charge in [-0.15, -0.1) is 0 Å². The van der Waals surface area contributed by atoms with Gasteiger partial charge in [0.15, 0.2) is 0 Å². The molecule has 0 heterocycles. The van der Waals surface area contributed by atoms with Gasteiger partial charge in [0, 0.05) is 18.8 Å². The summed E-state index contributed by atoms with van der Waals surface area (Å²) in [5, 5.41) is 9.12. The molecule has 1 unspecified atom stereocenters. The number of hydrogen-bond donors (Lipinski definition) is 1. The summed E-state index contributed by atoms with van der Waals surface area (Å²) < 4.78 is 5.45. The Morgan fingerprint density at radius 3 is 2.33 bits per heavy atom. The van der Waals surface area contributed by atoms with Crippen LogP contribution in [0.5, 0.6) is 5.75 Å². The second-order valence-corrected chi connectivity index (χ2v) is 5.79. The highest BCUT2D eigenvalue weighted by atomic mass is 16.5. The van der Waals surface area contributed by atoms with Gasteiger partial charge >= 0.3 is 5.97 Å². The van der Waals surface area contributed by atoms with E-state index in [1.807, 2.05) is 31.2 Å². The molecule has 0 saturated heterocycles. The van der Waals surface area contributed by atoms with Crippen LogP contribution in [0.15, 0.2) is 24.3 Å². The largest absolute Gasteiger partial charge is 0.494 e. The molecule has 0 radical (unpaired) electrons. The lowest BCUT2D eigenvalue weighted by atomic mass is 10.1. The van der Waals surface area contributed by atoms with Crippen LogP contribution in [-0.2, 0) is 4.79 Å². The number of carboxylic acid groups (broad SMARTS) is 1. The third-order valence-corrected chi connectivity index (χ3v) is 3.41. The van der Waals surface area contributed by atoms with E-state index in [1.165, 1.54) is 0 Å². The van der Waals surface area contributed by atoms with E-state index in [2.05, 4.69) is 18.7 Å². The van der Waals surface area contributed by atoms with Gasteiger partial charge in [0.2, 0.25) is 0 Å². The Morgan fingerprint density at radius 1 is 1.24 bits per heavy atom. The molecule has 0 spiro atoms. The molecule has 4 heteroatoms. The summed E-state index contributed by atoms with van der Waals surface area (Å²) in [6, 6.07) is 7.87. The van der Waals surface area contributed by atoms with Crippen LogP contribution in [0, 0.1) is 11.8 Å². The monoisotopic (exact) mass is 293 g/mol. The highest BCUT2D eigenvalue weighted by Crippen LogP contribution is 2.21. The van der Waals surface area contributed by atoms with Crippen LogP contribution in [0.25, 0.3) is 0 Å². The zero-order chi connectivity index (χ0) is 15.8. The fraction of sp³-hybridized carbons (Fsp3) is 0.588. The van der Waals surface area contributed by atoms with Gasteiger partial charge in [-0.05, 0) is 43.5 Å². The maximum absolute atomic E-state index is 11.1. The van der Waals surface area contributed by atoms with Gasteiger partial charge in [0.1, 0.15) is 5.75 Å². The first-order valence-electron chi connectivity index (χ1n) is 7.64. The van der Waals surface area contributed by atoms with Gasteiger partial charge in [-0.25, -0.2) is 0 Å². The van der Waals surface area contributed by atoms with Crippen LogP contribution in [0.2, 0.25) is 0 Å². The van der Waals surface area contributed by atoms with Crippen molar-refractivity contribution in [2.45, 2.75) is 34.1 Å². The van der Waals surface area contributed by atoms with Crippen LogP contribution in [-0.4, -0.2) is 30.8 Å². The summed E-state index contributed by atoms with van der Waals surface area (Å²) >= 11 is 0. The second-order valence-electron chi connectivity index (χ2n) is 5.79. The molecule has 0 amide bonds. The standard InChI is InChI=1S/C17H27NO3/c1-5-21-16-8-6-15(7-9-16)18(11-10-13(2)3)12-14(4)17(19)20/h6-9,13-14H,5,10-12H2,1-4H3,(H,19,20). The minimum Gasteiger partial charge on any atom is -0.494 e. The molecule has 0 aromatic heterocycles. The molecule has 1 aromatic rings. The zero-order valence-electron chi connectivity index (χ0n) is 13.5. The van der Waals surface area contributed by atoms with E-state index in [9.17, 15) is 4.79 Å². The smallest absolute Gasteiger partial charge is 0.308 e. The molecule has 0 aliphatic carbocycles. The van der Waals surface area contributed by atoms with Crippen molar-refractivity contribution in [1.82, 2.24) is 0 Å². The number of rotatable bonds is 9. The fourth-order valence-corrected chi connectivity index (χ4v) is 2.07. The summed E-state index contributed by atoms with van der Waals surface area (Å²) in [6.07, 6.45) is 1.04. The van der Waals surface area contributed by atoms with E-state index in [-0.39, 0.29) is 5.92 Å². The van der Waals surface area contributed by atoms with Gasteiger partial charge in [-0.3, -0.25) is 4.79 Å². The maximum atomic E-state index is 11.1. The molecular weight excluding hydrogens is 266 g/mol. The summed E-state index contributed by atoms with van der Waals surface area (Å²) in [6.45, 7) is 10.1. The molecule has 0 aliphatic rings. The van der Waals surface area contributed by atoms with E-state index >= 15 is 0 Å². The molecule has 0 saturated carbocycles. The van der Waals surface area contributed by atoms with Crippen molar-refractivity contribution in [3.63, 3.8) is 0 Å². The van der Waals surface area contributed by atoms with Crippen molar-refractivity contribution in [3.05, 3.63) is 24.3 Å². The molecule has 1 rings (SSSR count). The predicted molar refractivity (Wildman–Crippen MR) is 86.1 cm³/mol. The number of ether oxygens (including phenoxy) is 1. The summed E-state index contributed by atoms with van der Waals surface area (Å²) in [7, 11) is 0. The first kappa shape index (κ1) is 17.3. The van der Waals surface area contributed by atoms with Gasteiger partial charge < -0.3 is 14.7 Å². The third-order valence-electron chi connectivity index (χ3n) is 3.41. The molecule has 21 heavy (non-hydrogen) atoms. The highest BCUT2D eigenvalue weighted by Gasteiger charge is 2.17. The average Bonchev–Trinajstić information content (AvgIpc) is 2.44. The number of aliphatic carboxylic acids is 1. The first-order chi connectivity index (χ1) is 9.93. The topological polar surface area (TPSA) is 49.8 Å². The molecule has 0 bridgehead atoms. The Hall–Kier alpha value is -1.71. The van der Waals surface area contributed by atoms with Crippen molar-refractivity contribution in [3.8, 4) is 5.75 Å². The molecule has 1 aromatic carbocycles. The maximum Gasteiger partial charge on any atom is 0.308 e. The van der Waals surface area contributed by atoms with Crippen LogP contribution in [0.4, 0.5) is 5.69 Å². The lowest BCUT2D eigenvalue weighted by molar-refractivity contribution is -0.140. The molecule has 0 aliphatic heterocycles. The zero-order valence-corrected chi connectivity index (χ0v) is 13.5. The first-order valence-corrected chi connectivity index (χ1v) is 7.64. The van der Waals surface area contributed by atoms with Crippen LogP contribution in [0.1, 0.15) is 34.1 Å². The van der Waals surface area contributed by atoms with Crippen LogP contribution < -0.4 is 9.64 Å². The number of carboxylic acids is 1. The van der Waals surface area contributed by atoms with Gasteiger partial charge in [0.25, 0.3) is 0 Å². The molecule has 118 valence electrons. The summed E-state index contributed by atoms with van der Waals surface area (Å²) in [4.78, 5) is 13.2. The van der Waals surface area contributed by atoms with Crippen LogP contribution >= 0.6 is 0 Å². The normalized spacial score (nSPS) is 12.2. The van der Waals surface area contributed by atoms with Gasteiger partial charge in [-0.2, -0.15) is 0 Å². The summed E-state index contributed by atoms with van der Waals surface area (Å²) in [5.41, 5.74) is 1.05. The van der Waals surface area contributed by atoms with Gasteiger partial charge in [-0.1, -0.05) is 20.8 Å². The molecule has 4 nitrogen and oxygen atoms in total. The number of benzene rings is 1. The summed E-state index contributed by atoms with van der Waals surface area (Å²) in [5.74, 6) is 0.297. The van der Waals surface area contributed by atoms with E-state index in [0.29, 0.717) is 19.1 Å². The lowest BCUT2D eigenvalue weighted by Crippen LogP contribution is -2.33. The predicted octanol–water partition coefficient (Wildman–Crippen LogP) is 3.66. The average molecular weight is 293 g/mol. The highest BCUT2D eigenvalue weighted by molar-refractivity contribution is 5.70. The Bertz CT molecular complexity index is 428. The lowest BCUT2D eigenvalue weighted by Gasteiger charge is -2.27.